The SMILES string of the molecule is CCS(=O)(=O)N1CCC(C(=O)OC)C1. The van der Waals surface area contributed by atoms with Gasteiger partial charge in [0.15, 0.2) is 0 Å². The molecule has 0 aromatic carbocycles. The van der Waals surface area contributed by atoms with Gasteiger partial charge in [-0.3, -0.25) is 4.79 Å². The second kappa shape index (κ2) is 4.27. The summed E-state index contributed by atoms with van der Waals surface area (Å²) in [6.07, 6.45) is 0.561. The molecule has 1 aliphatic heterocycles. The van der Waals surface area contributed by atoms with Crippen molar-refractivity contribution in [2.24, 2.45) is 5.92 Å². The largest absolute Gasteiger partial charge is 0.469 e. The molecular weight excluding hydrogens is 206 g/mol. The van der Waals surface area contributed by atoms with Crippen molar-refractivity contribution >= 4 is 16.0 Å². The van der Waals surface area contributed by atoms with E-state index in [9.17, 15) is 13.2 Å². The van der Waals surface area contributed by atoms with Crippen molar-refractivity contribution in [3.63, 3.8) is 0 Å². The monoisotopic (exact) mass is 221 g/mol. The van der Waals surface area contributed by atoms with E-state index in [0.29, 0.717) is 13.0 Å². The molecule has 0 spiro atoms. The van der Waals surface area contributed by atoms with E-state index >= 15 is 0 Å². The first-order chi connectivity index (χ1) is 6.51. The average molecular weight is 221 g/mol. The molecule has 1 atom stereocenters. The van der Waals surface area contributed by atoms with Crippen molar-refractivity contribution in [2.75, 3.05) is 26.0 Å². The number of ether oxygens (including phenoxy) is 1. The molecule has 0 bridgehead atoms. The summed E-state index contributed by atoms with van der Waals surface area (Å²) in [6, 6.07) is 0. The van der Waals surface area contributed by atoms with Gasteiger partial charge in [-0.15, -0.1) is 0 Å². The molecular formula is C8H15NO4S. The highest BCUT2D eigenvalue weighted by atomic mass is 32.2. The maximum absolute atomic E-state index is 11.4. The number of methoxy groups -OCH3 is 1. The highest BCUT2D eigenvalue weighted by Gasteiger charge is 2.34. The molecule has 0 radical (unpaired) electrons. The van der Waals surface area contributed by atoms with E-state index in [1.54, 1.807) is 6.92 Å². The van der Waals surface area contributed by atoms with Crippen molar-refractivity contribution in [3.8, 4) is 0 Å². The highest BCUT2D eigenvalue weighted by molar-refractivity contribution is 7.89. The number of carbonyl (C=O) groups excluding carboxylic acids is 1. The Kier molecular flexibility index (Phi) is 3.49. The topological polar surface area (TPSA) is 63.7 Å². The third kappa shape index (κ3) is 2.24. The maximum atomic E-state index is 11.4. The lowest BCUT2D eigenvalue weighted by Crippen LogP contribution is -2.31. The van der Waals surface area contributed by atoms with Crippen LogP contribution in [-0.4, -0.2) is 44.6 Å². The zero-order chi connectivity index (χ0) is 10.8. The van der Waals surface area contributed by atoms with E-state index in [-0.39, 0.29) is 24.2 Å². The van der Waals surface area contributed by atoms with E-state index in [0.717, 1.165) is 0 Å². The van der Waals surface area contributed by atoms with Gasteiger partial charge in [-0.1, -0.05) is 0 Å². The minimum absolute atomic E-state index is 0.0842. The van der Waals surface area contributed by atoms with Crippen LogP contribution in [0.25, 0.3) is 0 Å². The Labute approximate surface area is 84.1 Å². The van der Waals surface area contributed by atoms with Crippen molar-refractivity contribution in [2.45, 2.75) is 13.3 Å². The standard InChI is InChI=1S/C8H15NO4S/c1-3-14(11,12)9-5-4-7(6-9)8(10)13-2/h7H,3-6H2,1-2H3. The molecule has 6 heteroatoms. The number of hydrogen-bond donors (Lipinski definition) is 0. The Hall–Kier alpha value is -0.620. The van der Waals surface area contributed by atoms with Crippen LogP contribution in [0.1, 0.15) is 13.3 Å². The van der Waals surface area contributed by atoms with E-state index in [1.807, 2.05) is 0 Å². The van der Waals surface area contributed by atoms with Crippen molar-refractivity contribution < 1.29 is 17.9 Å². The zero-order valence-corrected chi connectivity index (χ0v) is 9.21. The van der Waals surface area contributed by atoms with Crippen LogP contribution in [0.5, 0.6) is 0 Å². The fraction of sp³-hybridized carbons (Fsp3) is 0.875. The second-order valence-corrected chi connectivity index (χ2v) is 5.52. The third-order valence-corrected chi connectivity index (χ3v) is 4.29. The Morgan fingerprint density at radius 2 is 2.21 bits per heavy atom. The molecule has 14 heavy (non-hydrogen) atoms. The maximum Gasteiger partial charge on any atom is 0.310 e. The van der Waals surface area contributed by atoms with E-state index in [4.69, 9.17) is 0 Å². The molecule has 0 N–H and O–H groups in total. The number of nitrogens with zero attached hydrogens (tertiary/aromatic N) is 1. The molecule has 1 unspecified atom stereocenters. The average Bonchev–Trinajstić information content (AvgIpc) is 2.66. The quantitative estimate of drug-likeness (QED) is 0.621. The van der Waals surface area contributed by atoms with Gasteiger partial charge >= 0.3 is 5.97 Å². The minimum Gasteiger partial charge on any atom is -0.469 e. The van der Waals surface area contributed by atoms with Crippen LogP contribution in [0.2, 0.25) is 0 Å². The predicted octanol–water partition coefficient (Wildman–Crippen LogP) is -0.169. The van der Waals surface area contributed by atoms with Crippen molar-refractivity contribution in [1.29, 1.82) is 0 Å². The molecule has 1 rings (SSSR count). The summed E-state index contributed by atoms with van der Waals surface area (Å²) in [5.41, 5.74) is 0. The van der Waals surface area contributed by atoms with E-state index in [1.165, 1.54) is 11.4 Å². The molecule has 0 aromatic heterocycles. The smallest absolute Gasteiger partial charge is 0.310 e. The van der Waals surface area contributed by atoms with Crippen LogP contribution in [-0.2, 0) is 19.6 Å². The molecule has 0 amide bonds. The van der Waals surface area contributed by atoms with Crippen LogP contribution in [0.3, 0.4) is 0 Å². The summed E-state index contributed by atoms with van der Waals surface area (Å²) in [5.74, 6) is -0.527. The van der Waals surface area contributed by atoms with Gasteiger partial charge in [0.2, 0.25) is 10.0 Å². The Morgan fingerprint density at radius 3 is 2.71 bits per heavy atom. The van der Waals surface area contributed by atoms with Gasteiger partial charge in [0, 0.05) is 13.1 Å². The van der Waals surface area contributed by atoms with Gasteiger partial charge in [0.25, 0.3) is 0 Å². The number of hydrogen-bond acceptors (Lipinski definition) is 4. The zero-order valence-electron chi connectivity index (χ0n) is 8.39. The molecule has 82 valence electrons. The summed E-state index contributed by atoms with van der Waals surface area (Å²) in [4.78, 5) is 11.1. The molecule has 0 aromatic rings. The van der Waals surface area contributed by atoms with Gasteiger partial charge in [-0.25, -0.2) is 12.7 Å². The third-order valence-electron chi connectivity index (χ3n) is 2.44. The fourth-order valence-electron chi connectivity index (χ4n) is 1.52. The number of rotatable bonds is 3. The first kappa shape index (κ1) is 11.5. The first-order valence-corrected chi connectivity index (χ1v) is 6.17. The Balaban J connectivity index is 2.62. The molecule has 1 heterocycles. The Bertz CT molecular complexity index is 311. The molecule has 5 nitrogen and oxygen atoms in total. The normalized spacial score (nSPS) is 23.7. The molecule has 1 fully saturated rings. The number of carbonyl (C=O) groups is 1. The predicted molar refractivity (Wildman–Crippen MR) is 51.2 cm³/mol. The fourth-order valence-corrected chi connectivity index (χ4v) is 2.68. The lowest BCUT2D eigenvalue weighted by atomic mass is 10.1. The summed E-state index contributed by atoms with van der Waals surface area (Å²) in [7, 11) is -1.83. The van der Waals surface area contributed by atoms with E-state index < -0.39 is 10.0 Å². The lowest BCUT2D eigenvalue weighted by Gasteiger charge is -2.14. The van der Waals surface area contributed by atoms with Crippen molar-refractivity contribution in [1.82, 2.24) is 4.31 Å². The summed E-state index contributed by atoms with van der Waals surface area (Å²) in [6.45, 7) is 2.29. The number of esters is 1. The summed E-state index contributed by atoms with van der Waals surface area (Å²) >= 11 is 0. The van der Waals surface area contributed by atoms with Gasteiger partial charge in [0.05, 0.1) is 18.8 Å². The van der Waals surface area contributed by atoms with Crippen LogP contribution in [0, 0.1) is 5.92 Å². The second-order valence-electron chi connectivity index (χ2n) is 3.27. The van der Waals surface area contributed by atoms with Crippen LogP contribution in [0.15, 0.2) is 0 Å². The van der Waals surface area contributed by atoms with Crippen molar-refractivity contribution in [3.05, 3.63) is 0 Å². The van der Waals surface area contributed by atoms with E-state index in [2.05, 4.69) is 4.74 Å². The van der Waals surface area contributed by atoms with Gasteiger partial charge < -0.3 is 4.74 Å². The van der Waals surface area contributed by atoms with Crippen LogP contribution < -0.4 is 0 Å². The lowest BCUT2D eigenvalue weighted by molar-refractivity contribution is -0.144. The molecule has 1 saturated heterocycles. The molecule has 0 aliphatic carbocycles. The van der Waals surface area contributed by atoms with Gasteiger partial charge in [-0.2, -0.15) is 0 Å². The van der Waals surface area contributed by atoms with Crippen LogP contribution in [0.4, 0.5) is 0 Å². The van der Waals surface area contributed by atoms with Gasteiger partial charge in [0.1, 0.15) is 0 Å². The first-order valence-electron chi connectivity index (χ1n) is 4.57. The van der Waals surface area contributed by atoms with Gasteiger partial charge in [-0.05, 0) is 13.3 Å². The number of sulfonamides is 1. The summed E-state index contributed by atoms with van der Waals surface area (Å²) in [5, 5.41) is 0. The Morgan fingerprint density at radius 1 is 1.57 bits per heavy atom. The minimum atomic E-state index is -3.15. The summed E-state index contributed by atoms with van der Waals surface area (Å²) < 4.78 is 28.8. The van der Waals surface area contributed by atoms with Crippen LogP contribution >= 0.6 is 0 Å². The molecule has 0 saturated carbocycles. The highest BCUT2D eigenvalue weighted by Crippen LogP contribution is 2.20. The molecule has 1 aliphatic rings.